The Morgan fingerprint density at radius 1 is 0.826 bits per heavy atom. The molecule has 2 aliphatic heterocycles. The molecule has 0 aliphatic carbocycles. The summed E-state index contributed by atoms with van der Waals surface area (Å²) in [5.41, 5.74) is 1.17. The number of rotatable bonds is 14. The molecule has 0 spiro atoms. The second-order valence-electron chi connectivity index (χ2n) is 11.1. The number of ketones is 1. The fourth-order valence-corrected chi connectivity index (χ4v) is 5.62. The van der Waals surface area contributed by atoms with Gasteiger partial charge in [0.05, 0.1) is 33.5 Å². The van der Waals surface area contributed by atoms with Gasteiger partial charge in [-0.05, 0) is 73.1 Å². The summed E-state index contributed by atoms with van der Waals surface area (Å²) in [4.78, 5) is 31.8. The molecule has 1 saturated heterocycles. The van der Waals surface area contributed by atoms with Crippen LogP contribution in [0.4, 0.5) is 0 Å². The van der Waals surface area contributed by atoms with Crippen LogP contribution in [0.15, 0.2) is 60.2 Å². The molecule has 0 radical (unpaired) electrons. The average Bonchev–Trinajstić information content (AvgIpc) is 3.54. The first-order valence-electron chi connectivity index (χ1n) is 15.1. The maximum absolute atomic E-state index is 14.1. The number of fused-ring (bicyclic) bond motifs is 1. The highest BCUT2D eigenvalue weighted by atomic mass is 16.7. The van der Waals surface area contributed by atoms with E-state index in [4.69, 9.17) is 28.4 Å². The molecule has 1 fully saturated rings. The number of hydrogen-bond donors (Lipinski definition) is 1. The number of likely N-dealkylation sites (N-methyl/N-ethyl adjacent to an activating group) is 1. The van der Waals surface area contributed by atoms with Gasteiger partial charge in [-0.3, -0.25) is 4.79 Å². The van der Waals surface area contributed by atoms with Crippen molar-refractivity contribution in [1.82, 2.24) is 9.80 Å². The summed E-state index contributed by atoms with van der Waals surface area (Å²) in [6.45, 7) is 5.53. The Morgan fingerprint density at radius 3 is 2.20 bits per heavy atom. The fourth-order valence-electron chi connectivity index (χ4n) is 5.62. The molecule has 1 N–H and O–H groups in total. The van der Waals surface area contributed by atoms with E-state index in [9.17, 15) is 14.7 Å². The number of carboxylic acid groups (broad SMARTS) is 1. The van der Waals surface area contributed by atoms with Gasteiger partial charge in [-0.2, -0.15) is 0 Å². The van der Waals surface area contributed by atoms with Gasteiger partial charge in [0.2, 0.25) is 12.5 Å². The number of aliphatic carboxylic acids is 1. The third-order valence-corrected chi connectivity index (χ3v) is 8.16. The van der Waals surface area contributed by atoms with Gasteiger partial charge in [-0.1, -0.05) is 6.07 Å². The number of carboxylic acids is 1. The number of carbonyl (C=O) groups excluding carboxylic acids is 1. The van der Waals surface area contributed by atoms with Crippen molar-refractivity contribution in [1.29, 1.82) is 0 Å². The van der Waals surface area contributed by atoms with Crippen LogP contribution < -0.4 is 28.4 Å². The first-order chi connectivity index (χ1) is 22.3. The third-order valence-electron chi connectivity index (χ3n) is 8.16. The highest BCUT2D eigenvalue weighted by molar-refractivity contribution is 6.26. The number of allylic oxidation sites excluding steroid dienone is 1. The van der Waals surface area contributed by atoms with E-state index in [1.54, 1.807) is 54.6 Å². The first kappa shape index (κ1) is 32.6. The average molecular weight is 633 g/mol. The number of ether oxygens (including phenoxy) is 6. The topological polar surface area (TPSA) is 116 Å². The second kappa shape index (κ2) is 15.0. The molecule has 11 nitrogen and oxygen atoms in total. The van der Waals surface area contributed by atoms with E-state index in [1.165, 1.54) is 21.3 Å². The van der Waals surface area contributed by atoms with E-state index in [2.05, 4.69) is 16.8 Å². The number of Topliss-reactive ketones (excluding diaryl/α,β-unsaturated/α-hetero) is 1. The smallest absolute Gasteiger partial charge is 0.336 e. The summed E-state index contributed by atoms with van der Waals surface area (Å²) in [5, 5.41) is 10.5. The third kappa shape index (κ3) is 7.55. The van der Waals surface area contributed by atoms with Crippen LogP contribution in [-0.4, -0.2) is 101 Å². The van der Waals surface area contributed by atoms with Crippen LogP contribution >= 0.6 is 0 Å². The zero-order valence-electron chi connectivity index (χ0n) is 26.7. The van der Waals surface area contributed by atoms with Crippen molar-refractivity contribution in [3.63, 3.8) is 0 Å². The van der Waals surface area contributed by atoms with Crippen molar-refractivity contribution in [3.8, 4) is 34.5 Å². The molecule has 0 aromatic heterocycles. The molecule has 0 bridgehead atoms. The van der Waals surface area contributed by atoms with Gasteiger partial charge in [-0.15, -0.1) is 0 Å². The lowest BCUT2D eigenvalue weighted by atomic mass is 9.89. The highest BCUT2D eigenvalue weighted by Gasteiger charge is 2.27. The molecule has 0 unspecified atom stereocenters. The standard InChI is InChI=1S/C35H40N2O9/c1-36-13-15-37(16-14-36)12-5-17-44-31-20-23(19-30(42-3)34(31)43-4)18-27(33(38)24-6-9-26(41-2)10-7-24)32(35(39)40)25-8-11-28-29(21-25)46-22-45-28/h6-11,19-21H,5,12-18,22H2,1-4H3,(H,39,40). The van der Waals surface area contributed by atoms with Crippen molar-refractivity contribution in [2.45, 2.75) is 12.8 Å². The number of benzene rings is 3. The zero-order valence-corrected chi connectivity index (χ0v) is 26.7. The van der Waals surface area contributed by atoms with E-state index < -0.39 is 11.8 Å². The Morgan fingerprint density at radius 2 is 1.52 bits per heavy atom. The first-order valence-corrected chi connectivity index (χ1v) is 15.1. The van der Waals surface area contributed by atoms with Gasteiger partial charge in [0.25, 0.3) is 0 Å². The van der Waals surface area contributed by atoms with Crippen molar-refractivity contribution in [3.05, 3.63) is 76.9 Å². The van der Waals surface area contributed by atoms with Crippen molar-refractivity contribution in [2.75, 3.05) is 74.5 Å². The maximum atomic E-state index is 14.1. The molecular formula is C35H40N2O9. The minimum atomic E-state index is -1.25. The summed E-state index contributed by atoms with van der Waals surface area (Å²) in [5.74, 6) is 1.07. The molecule has 0 atom stereocenters. The monoisotopic (exact) mass is 632 g/mol. The Balaban J connectivity index is 1.49. The van der Waals surface area contributed by atoms with Gasteiger partial charge < -0.3 is 43.3 Å². The summed E-state index contributed by atoms with van der Waals surface area (Å²) in [6, 6.07) is 14.9. The van der Waals surface area contributed by atoms with E-state index in [0.717, 1.165) is 39.1 Å². The van der Waals surface area contributed by atoms with Crippen LogP contribution in [0.25, 0.3) is 5.57 Å². The van der Waals surface area contributed by atoms with E-state index >= 15 is 0 Å². The predicted molar refractivity (Wildman–Crippen MR) is 172 cm³/mol. The highest BCUT2D eigenvalue weighted by Crippen LogP contribution is 2.41. The van der Waals surface area contributed by atoms with Crippen molar-refractivity contribution in [2.24, 2.45) is 0 Å². The van der Waals surface area contributed by atoms with Crippen LogP contribution in [0.3, 0.4) is 0 Å². The fraction of sp³-hybridized carbons (Fsp3) is 0.371. The van der Waals surface area contributed by atoms with E-state index in [-0.39, 0.29) is 24.4 Å². The molecule has 5 rings (SSSR count). The van der Waals surface area contributed by atoms with Crippen molar-refractivity contribution >= 4 is 17.3 Å². The normalized spacial score (nSPS) is 15.2. The van der Waals surface area contributed by atoms with Crippen LogP contribution in [0, 0.1) is 0 Å². The van der Waals surface area contributed by atoms with Crippen LogP contribution in [0.2, 0.25) is 0 Å². The Kier molecular flexibility index (Phi) is 10.7. The second-order valence-corrected chi connectivity index (χ2v) is 11.1. The van der Waals surface area contributed by atoms with Crippen molar-refractivity contribution < 1.29 is 43.1 Å². The summed E-state index contributed by atoms with van der Waals surface area (Å²) in [7, 11) is 6.73. The van der Waals surface area contributed by atoms with Gasteiger partial charge >= 0.3 is 5.97 Å². The minimum absolute atomic E-state index is 0.0288. The summed E-state index contributed by atoms with van der Waals surface area (Å²) >= 11 is 0. The number of piperazine rings is 1. The Hall–Kier alpha value is -4.74. The molecule has 2 aliphatic rings. The molecule has 0 saturated carbocycles. The molecule has 3 aromatic rings. The number of carbonyl (C=O) groups is 2. The lowest BCUT2D eigenvalue weighted by molar-refractivity contribution is -0.130. The van der Waals surface area contributed by atoms with Crippen LogP contribution in [0.1, 0.15) is 27.9 Å². The summed E-state index contributed by atoms with van der Waals surface area (Å²) in [6.07, 6.45) is 0.784. The molecule has 0 amide bonds. The lowest BCUT2D eigenvalue weighted by Crippen LogP contribution is -2.44. The minimum Gasteiger partial charge on any atom is -0.497 e. The summed E-state index contributed by atoms with van der Waals surface area (Å²) < 4.78 is 33.7. The van der Waals surface area contributed by atoms with Gasteiger partial charge in [-0.25, -0.2) is 4.79 Å². The largest absolute Gasteiger partial charge is 0.497 e. The van der Waals surface area contributed by atoms with E-state index in [0.29, 0.717) is 57.8 Å². The van der Waals surface area contributed by atoms with Gasteiger partial charge in [0, 0.05) is 50.3 Å². The molecular weight excluding hydrogens is 592 g/mol. The molecule has 3 aromatic carbocycles. The van der Waals surface area contributed by atoms with Crippen LogP contribution in [-0.2, 0) is 11.2 Å². The van der Waals surface area contributed by atoms with Gasteiger partial charge in [0.15, 0.2) is 28.8 Å². The number of hydrogen-bond acceptors (Lipinski definition) is 10. The maximum Gasteiger partial charge on any atom is 0.336 e. The van der Waals surface area contributed by atoms with E-state index in [1.807, 2.05) is 0 Å². The Labute approximate surface area is 268 Å². The van der Waals surface area contributed by atoms with Gasteiger partial charge in [0.1, 0.15) is 5.75 Å². The van der Waals surface area contributed by atoms with Crippen LogP contribution in [0.5, 0.6) is 34.5 Å². The molecule has 11 heteroatoms. The number of methoxy groups -OCH3 is 3. The Bertz CT molecular complexity index is 1580. The molecule has 46 heavy (non-hydrogen) atoms. The SMILES string of the molecule is COc1ccc(C(=O)C(Cc2cc(OC)c(OC)c(OCCCN3CCN(C)CC3)c2)=C(C(=O)O)c2ccc3c(c2)OCO3)cc1. The quantitative estimate of drug-likeness (QED) is 0.155. The lowest BCUT2D eigenvalue weighted by Gasteiger charge is -2.32. The molecule has 244 valence electrons. The predicted octanol–water partition coefficient (Wildman–Crippen LogP) is 4.42. The molecule has 2 heterocycles. The number of nitrogens with zero attached hydrogens (tertiary/aromatic N) is 2. The zero-order chi connectivity index (χ0) is 32.6.